The van der Waals surface area contributed by atoms with Gasteiger partial charge in [-0.2, -0.15) is 0 Å². The van der Waals surface area contributed by atoms with E-state index in [1.54, 1.807) is 6.92 Å². The smallest absolute Gasteiger partial charge is 0.308 e. The molecule has 0 aromatic heterocycles. The third kappa shape index (κ3) is 19.8. The van der Waals surface area contributed by atoms with Gasteiger partial charge in [0.15, 0.2) is 0 Å². The molecule has 0 saturated heterocycles. The number of rotatable bonds is 20. The minimum Gasteiger partial charge on any atom is -0.466 e. The highest BCUT2D eigenvalue weighted by Gasteiger charge is 2.10. The molecule has 0 amide bonds. The first kappa shape index (κ1) is 25.4. The van der Waals surface area contributed by atoms with E-state index in [9.17, 15) is 9.90 Å². The van der Waals surface area contributed by atoms with Gasteiger partial charge in [-0.05, 0) is 13.3 Å². The van der Waals surface area contributed by atoms with E-state index >= 15 is 0 Å². The molecule has 0 aliphatic carbocycles. The lowest BCUT2D eigenvalue weighted by Gasteiger charge is -2.09. The molecular formula is C23H46O3. The summed E-state index contributed by atoms with van der Waals surface area (Å²) in [5, 5.41) is 9.76. The largest absolute Gasteiger partial charge is 0.466 e. The zero-order chi connectivity index (χ0) is 19.3. The summed E-state index contributed by atoms with van der Waals surface area (Å²) >= 11 is 0. The lowest BCUT2D eigenvalue weighted by Crippen LogP contribution is -2.15. The van der Waals surface area contributed by atoms with Crippen LogP contribution >= 0.6 is 0 Å². The molecule has 0 spiro atoms. The van der Waals surface area contributed by atoms with Crippen LogP contribution in [-0.4, -0.2) is 23.8 Å². The second-order valence-electron chi connectivity index (χ2n) is 7.75. The molecule has 1 N–H and O–H groups in total. The number of carbonyl (C=O) groups is 1. The molecule has 0 heterocycles. The molecule has 156 valence electrons. The molecule has 0 rings (SSSR count). The third-order valence-electron chi connectivity index (χ3n) is 5.10. The highest BCUT2D eigenvalue weighted by Crippen LogP contribution is 2.14. The molecule has 0 aliphatic heterocycles. The van der Waals surface area contributed by atoms with Crippen molar-refractivity contribution >= 4 is 5.97 Å². The van der Waals surface area contributed by atoms with E-state index < -0.39 is 6.10 Å². The highest BCUT2D eigenvalue weighted by molar-refractivity contribution is 5.69. The summed E-state index contributed by atoms with van der Waals surface area (Å²) in [4.78, 5) is 11.2. The van der Waals surface area contributed by atoms with Crippen LogP contribution in [0.15, 0.2) is 0 Å². The SMILES string of the molecule is CCCCCCCCCCCCCCCCCCC(O)CC(=O)OCC. The van der Waals surface area contributed by atoms with Crippen molar-refractivity contribution in [2.75, 3.05) is 6.61 Å². The summed E-state index contributed by atoms with van der Waals surface area (Å²) in [6, 6.07) is 0. The molecular weight excluding hydrogens is 324 g/mol. The number of aliphatic hydroxyl groups excluding tert-OH is 1. The van der Waals surface area contributed by atoms with Crippen molar-refractivity contribution in [2.45, 2.75) is 136 Å². The predicted molar refractivity (Wildman–Crippen MR) is 111 cm³/mol. The molecule has 26 heavy (non-hydrogen) atoms. The maximum absolute atomic E-state index is 11.2. The fourth-order valence-corrected chi connectivity index (χ4v) is 3.44. The molecule has 1 unspecified atom stereocenters. The molecule has 0 aliphatic rings. The first-order valence-electron chi connectivity index (χ1n) is 11.5. The predicted octanol–water partition coefficient (Wildman–Crippen LogP) is 6.95. The number of hydrogen-bond acceptors (Lipinski definition) is 3. The monoisotopic (exact) mass is 370 g/mol. The number of hydrogen-bond donors (Lipinski definition) is 1. The Bertz CT molecular complexity index is 291. The first-order valence-corrected chi connectivity index (χ1v) is 11.5. The van der Waals surface area contributed by atoms with Crippen LogP contribution in [0.2, 0.25) is 0 Å². The van der Waals surface area contributed by atoms with E-state index in [1.807, 2.05) is 0 Å². The second-order valence-corrected chi connectivity index (χ2v) is 7.75. The molecule has 0 saturated carbocycles. The van der Waals surface area contributed by atoms with Gasteiger partial charge in [0, 0.05) is 0 Å². The van der Waals surface area contributed by atoms with Gasteiger partial charge in [-0.1, -0.05) is 110 Å². The van der Waals surface area contributed by atoms with Crippen LogP contribution in [-0.2, 0) is 9.53 Å². The van der Waals surface area contributed by atoms with Crippen molar-refractivity contribution in [3.63, 3.8) is 0 Å². The summed E-state index contributed by atoms with van der Waals surface area (Å²) in [6.45, 7) is 4.46. The average molecular weight is 371 g/mol. The minimum absolute atomic E-state index is 0.145. The van der Waals surface area contributed by atoms with E-state index in [4.69, 9.17) is 4.74 Å². The second kappa shape index (κ2) is 20.7. The van der Waals surface area contributed by atoms with Crippen LogP contribution < -0.4 is 0 Å². The number of esters is 1. The van der Waals surface area contributed by atoms with Gasteiger partial charge in [0.05, 0.1) is 19.1 Å². The van der Waals surface area contributed by atoms with Crippen molar-refractivity contribution in [2.24, 2.45) is 0 Å². The number of unbranched alkanes of at least 4 members (excludes halogenated alkanes) is 15. The van der Waals surface area contributed by atoms with Crippen LogP contribution in [0.25, 0.3) is 0 Å². The Morgan fingerprint density at radius 3 is 1.46 bits per heavy atom. The van der Waals surface area contributed by atoms with Crippen molar-refractivity contribution in [3.05, 3.63) is 0 Å². The fraction of sp³-hybridized carbons (Fsp3) is 0.957. The topological polar surface area (TPSA) is 46.5 Å². The lowest BCUT2D eigenvalue weighted by atomic mass is 10.0. The van der Waals surface area contributed by atoms with Crippen molar-refractivity contribution < 1.29 is 14.6 Å². The quantitative estimate of drug-likeness (QED) is 0.186. The Kier molecular flexibility index (Phi) is 20.3. The Morgan fingerprint density at radius 2 is 1.08 bits per heavy atom. The van der Waals surface area contributed by atoms with Gasteiger partial charge >= 0.3 is 5.97 Å². The zero-order valence-corrected chi connectivity index (χ0v) is 17.8. The van der Waals surface area contributed by atoms with E-state index in [1.165, 1.54) is 89.9 Å². The Balaban J connectivity index is 3.14. The normalized spacial score (nSPS) is 12.3. The first-order chi connectivity index (χ1) is 12.7. The van der Waals surface area contributed by atoms with Gasteiger partial charge in [0.1, 0.15) is 0 Å². The fourth-order valence-electron chi connectivity index (χ4n) is 3.44. The summed E-state index contributed by atoms with van der Waals surface area (Å²) in [7, 11) is 0. The van der Waals surface area contributed by atoms with Crippen molar-refractivity contribution in [1.82, 2.24) is 0 Å². The Labute approximate surface area is 163 Å². The lowest BCUT2D eigenvalue weighted by molar-refractivity contribution is -0.145. The number of aliphatic hydroxyl groups is 1. The molecule has 0 aromatic rings. The van der Waals surface area contributed by atoms with E-state index in [-0.39, 0.29) is 12.4 Å². The Hall–Kier alpha value is -0.570. The van der Waals surface area contributed by atoms with Gasteiger partial charge < -0.3 is 9.84 Å². The maximum Gasteiger partial charge on any atom is 0.308 e. The van der Waals surface area contributed by atoms with Crippen LogP contribution in [0.4, 0.5) is 0 Å². The van der Waals surface area contributed by atoms with E-state index in [0.717, 1.165) is 19.3 Å². The van der Waals surface area contributed by atoms with Crippen LogP contribution in [0.5, 0.6) is 0 Å². The molecule has 0 fully saturated rings. The number of carbonyl (C=O) groups excluding carboxylic acids is 1. The van der Waals surface area contributed by atoms with E-state index in [2.05, 4.69) is 6.92 Å². The molecule has 3 heteroatoms. The van der Waals surface area contributed by atoms with Gasteiger partial charge in [0.2, 0.25) is 0 Å². The van der Waals surface area contributed by atoms with Gasteiger partial charge in [-0.15, -0.1) is 0 Å². The molecule has 0 bridgehead atoms. The highest BCUT2D eigenvalue weighted by atomic mass is 16.5. The van der Waals surface area contributed by atoms with Gasteiger partial charge in [-0.25, -0.2) is 0 Å². The molecule has 0 radical (unpaired) electrons. The van der Waals surface area contributed by atoms with Gasteiger partial charge in [-0.3, -0.25) is 4.79 Å². The molecule has 3 nitrogen and oxygen atoms in total. The molecule has 1 atom stereocenters. The number of ether oxygens (including phenoxy) is 1. The summed E-state index contributed by atoms with van der Waals surface area (Å²) in [5.74, 6) is -0.281. The standard InChI is InChI=1S/C23H46O3/c1-3-5-6-7-8-9-10-11-12-13-14-15-16-17-18-19-20-22(24)21-23(25)26-4-2/h22,24H,3-21H2,1-2H3. The minimum atomic E-state index is -0.527. The summed E-state index contributed by atoms with van der Waals surface area (Å²) in [6.07, 6.45) is 22.0. The summed E-state index contributed by atoms with van der Waals surface area (Å²) in [5.41, 5.74) is 0. The van der Waals surface area contributed by atoms with Gasteiger partial charge in [0.25, 0.3) is 0 Å². The van der Waals surface area contributed by atoms with Crippen LogP contribution in [0.3, 0.4) is 0 Å². The maximum atomic E-state index is 11.2. The molecule has 0 aromatic carbocycles. The summed E-state index contributed by atoms with van der Waals surface area (Å²) < 4.78 is 4.85. The Morgan fingerprint density at radius 1 is 0.692 bits per heavy atom. The van der Waals surface area contributed by atoms with Crippen LogP contribution in [0.1, 0.15) is 129 Å². The zero-order valence-electron chi connectivity index (χ0n) is 17.8. The van der Waals surface area contributed by atoms with E-state index in [0.29, 0.717) is 6.61 Å². The van der Waals surface area contributed by atoms with Crippen LogP contribution in [0, 0.1) is 0 Å². The third-order valence-corrected chi connectivity index (χ3v) is 5.10. The van der Waals surface area contributed by atoms with Crippen molar-refractivity contribution in [1.29, 1.82) is 0 Å². The van der Waals surface area contributed by atoms with Crippen molar-refractivity contribution in [3.8, 4) is 0 Å². The average Bonchev–Trinajstić information content (AvgIpc) is 2.61.